The fraction of sp³-hybridized carbons (Fsp3) is 0.0182. The third-order valence-electron chi connectivity index (χ3n) is 12.8. The summed E-state index contributed by atoms with van der Waals surface area (Å²) in [6.45, 7) is 0. The lowest BCUT2D eigenvalue weighted by Crippen LogP contribution is -2.26. The molecule has 2 aliphatic rings. The molecule has 13 rings (SSSR count). The SMILES string of the molecule is c1ccc(-c2nc3ccccc3nc2-c2ccc(-n3c4ccccc4c4c5ccc6c(c5ccc43)C3(c4ccccc4-c4ccccc43)c3ccccc3-6)cc2)cc1. The maximum atomic E-state index is 5.18. The van der Waals surface area contributed by atoms with Gasteiger partial charge < -0.3 is 4.57 Å². The van der Waals surface area contributed by atoms with Gasteiger partial charge in [-0.25, -0.2) is 9.97 Å². The molecule has 0 atom stereocenters. The first-order chi connectivity index (χ1) is 28.8. The van der Waals surface area contributed by atoms with E-state index in [0.29, 0.717) is 0 Å². The predicted octanol–water partition coefficient (Wildman–Crippen LogP) is 13.6. The molecular weight excluding hydrogens is 703 g/mol. The molecule has 3 nitrogen and oxygen atoms in total. The molecule has 268 valence electrons. The second kappa shape index (κ2) is 11.7. The highest BCUT2D eigenvalue weighted by Crippen LogP contribution is 2.64. The monoisotopic (exact) mass is 735 g/mol. The van der Waals surface area contributed by atoms with Crippen LogP contribution in [0.25, 0.3) is 94.1 Å². The van der Waals surface area contributed by atoms with Gasteiger partial charge in [-0.2, -0.15) is 0 Å². The lowest BCUT2D eigenvalue weighted by molar-refractivity contribution is 0.801. The summed E-state index contributed by atoms with van der Waals surface area (Å²) in [7, 11) is 0. The van der Waals surface area contributed by atoms with E-state index in [0.717, 1.165) is 39.2 Å². The topological polar surface area (TPSA) is 30.7 Å². The number of fused-ring (bicyclic) bond motifs is 17. The Balaban J connectivity index is 1.04. The van der Waals surface area contributed by atoms with Crippen molar-refractivity contribution in [3.8, 4) is 50.5 Å². The maximum Gasteiger partial charge on any atom is 0.0973 e. The van der Waals surface area contributed by atoms with Gasteiger partial charge in [-0.3, -0.25) is 0 Å². The summed E-state index contributed by atoms with van der Waals surface area (Å²) in [6.07, 6.45) is 0. The van der Waals surface area contributed by atoms with E-state index >= 15 is 0 Å². The van der Waals surface area contributed by atoms with Gasteiger partial charge in [-0.1, -0.05) is 164 Å². The highest BCUT2D eigenvalue weighted by atomic mass is 15.0. The Kier molecular flexibility index (Phi) is 6.37. The molecule has 2 aromatic heterocycles. The first kappa shape index (κ1) is 31.6. The van der Waals surface area contributed by atoms with E-state index in [-0.39, 0.29) is 0 Å². The van der Waals surface area contributed by atoms with Crippen LogP contribution in [0.3, 0.4) is 0 Å². The number of nitrogens with zero attached hydrogens (tertiary/aromatic N) is 3. The highest BCUT2D eigenvalue weighted by molar-refractivity contribution is 6.23. The summed E-state index contributed by atoms with van der Waals surface area (Å²) >= 11 is 0. The van der Waals surface area contributed by atoms with Gasteiger partial charge in [0.1, 0.15) is 0 Å². The summed E-state index contributed by atoms with van der Waals surface area (Å²) in [5.74, 6) is 0. The summed E-state index contributed by atoms with van der Waals surface area (Å²) in [5.41, 5.74) is 19.5. The molecule has 58 heavy (non-hydrogen) atoms. The summed E-state index contributed by atoms with van der Waals surface area (Å²) in [5, 5.41) is 5.10. The lowest BCUT2D eigenvalue weighted by atomic mass is 9.69. The van der Waals surface area contributed by atoms with Gasteiger partial charge in [0.05, 0.1) is 38.9 Å². The Morgan fingerprint density at radius 3 is 1.52 bits per heavy atom. The molecule has 11 aromatic rings. The molecule has 9 aromatic carbocycles. The Bertz CT molecular complexity index is 3440. The first-order valence-corrected chi connectivity index (χ1v) is 20.0. The van der Waals surface area contributed by atoms with E-state index in [9.17, 15) is 0 Å². The summed E-state index contributed by atoms with van der Waals surface area (Å²) in [6, 6.07) is 73.0. The first-order valence-electron chi connectivity index (χ1n) is 20.0. The van der Waals surface area contributed by atoms with Crippen molar-refractivity contribution in [1.29, 1.82) is 0 Å². The minimum atomic E-state index is -0.412. The van der Waals surface area contributed by atoms with Crippen LogP contribution < -0.4 is 0 Å². The van der Waals surface area contributed by atoms with Gasteiger partial charge in [0.15, 0.2) is 0 Å². The molecule has 0 bridgehead atoms. The average molecular weight is 736 g/mol. The van der Waals surface area contributed by atoms with Crippen molar-refractivity contribution in [2.75, 3.05) is 0 Å². The Hall–Kier alpha value is -7.62. The normalized spacial score (nSPS) is 13.3. The smallest absolute Gasteiger partial charge is 0.0973 e. The van der Waals surface area contributed by atoms with E-state index in [1.165, 1.54) is 77.1 Å². The van der Waals surface area contributed by atoms with Gasteiger partial charge in [-0.15, -0.1) is 0 Å². The van der Waals surface area contributed by atoms with Gasteiger partial charge >= 0.3 is 0 Å². The van der Waals surface area contributed by atoms with Gasteiger partial charge in [0.25, 0.3) is 0 Å². The Labute approximate surface area is 335 Å². The van der Waals surface area contributed by atoms with Crippen molar-refractivity contribution in [2.24, 2.45) is 0 Å². The molecule has 0 radical (unpaired) electrons. The van der Waals surface area contributed by atoms with E-state index < -0.39 is 5.41 Å². The van der Waals surface area contributed by atoms with Crippen LogP contribution in [0.4, 0.5) is 0 Å². The Morgan fingerprint density at radius 1 is 0.345 bits per heavy atom. The van der Waals surface area contributed by atoms with Crippen molar-refractivity contribution in [3.05, 3.63) is 222 Å². The van der Waals surface area contributed by atoms with E-state index in [1.54, 1.807) is 0 Å². The van der Waals surface area contributed by atoms with E-state index in [4.69, 9.17) is 9.97 Å². The standard InChI is InChI=1S/C55H33N3/c1-2-14-34(15-3-1)53-54(57-48-24-12-11-23-47(48)56-53)35-26-28-36(29-27-35)58-49-25-13-7-19-43(49)51-40-30-31-41-39-18-6-10-22-46(39)55(52(41)42(40)32-33-50(51)58)44-20-8-4-16-37(44)38-17-5-9-21-45(38)55/h1-33H. The molecule has 1 spiro atoms. The molecule has 0 saturated heterocycles. The molecular formula is C55H33N3. The highest BCUT2D eigenvalue weighted by Gasteiger charge is 2.52. The van der Waals surface area contributed by atoms with Crippen molar-refractivity contribution >= 4 is 43.6 Å². The number of hydrogen-bond acceptors (Lipinski definition) is 2. The zero-order valence-corrected chi connectivity index (χ0v) is 31.4. The summed E-state index contributed by atoms with van der Waals surface area (Å²) in [4.78, 5) is 10.3. The van der Waals surface area contributed by atoms with Crippen LogP contribution in [0.5, 0.6) is 0 Å². The molecule has 0 saturated carbocycles. The average Bonchev–Trinajstić information content (AvgIpc) is 3.91. The third-order valence-corrected chi connectivity index (χ3v) is 12.8. The number of para-hydroxylation sites is 3. The van der Waals surface area contributed by atoms with Crippen LogP contribution in [0.2, 0.25) is 0 Å². The molecule has 0 fully saturated rings. The lowest BCUT2D eigenvalue weighted by Gasteiger charge is -2.31. The molecule has 0 N–H and O–H groups in total. The van der Waals surface area contributed by atoms with Crippen LogP contribution in [-0.4, -0.2) is 14.5 Å². The molecule has 2 heterocycles. The summed E-state index contributed by atoms with van der Waals surface area (Å²) < 4.78 is 2.43. The van der Waals surface area contributed by atoms with Crippen LogP contribution in [0.15, 0.2) is 200 Å². The Morgan fingerprint density at radius 2 is 0.862 bits per heavy atom. The number of rotatable bonds is 3. The quantitative estimate of drug-likeness (QED) is 0.181. The molecule has 0 aliphatic heterocycles. The van der Waals surface area contributed by atoms with E-state index in [1.807, 2.05) is 30.3 Å². The zero-order chi connectivity index (χ0) is 38.0. The van der Waals surface area contributed by atoms with Crippen molar-refractivity contribution in [2.45, 2.75) is 5.41 Å². The van der Waals surface area contributed by atoms with Crippen LogP contribution in [0, 0.1) is 0 Å². The van der Waals surface area contributed by atoms with Crippen molar-refractivity contribution in [3.63, 3.8) is 0 Å². The van der Waals surface area contributed by atoms with Gasteiger partial charge in [0, 0.05) is 27.6 Å². The molecule has 0 unspecified atom stereocenters. The zero-order valence-electron chi connectivity index (χ0n) is 31.4. The van der Waals surface area contributed by atoms with E-state index in [2.05, 4.69) is 174 Å². The molecule has 0 amide bonds. The van der Waals surface area contributed by atoms with Crippen molar-refractivity contribution in [1.82, 2.24) is 14.5 Å². The second-order valence-corrected chi connectivity index (χ2v) is 15.6. The predicted molar refractivity (Wildman–Crippen MR) is 239 cm³/mol. The number of benzene rings is 9. The largest absolute Gasteiger partial charge is 0.309 e. The van der Waals surface area contributed by atoms with Crippen molar-refractivity contribution < 1.29 is 0 Å². The molecule has 3 heteroatoms. The fourth-order valence-corrected chi connectivity index (χ4v) is 10.5. The van der Waals surface area contributed by atoms with Gasteiger partial charge in [0.2, 0.25) is 0 Å². The van der Waals surface area contributed by atoms with Crippen LogP contribution >= 0.6 is 0 Å². The second-order valence-electron chi connectivity index (χ2n) is 15.6. The number of aromatic nitrogens is 3. The van der Waals surface area contributed by atoms with Crippen LogP contribution in [0.1, 0.15) is 22.3 Å². The molecule has 2 aliphatic carbocycles. The minimum absolute atomic E-state index is 0.412. The minimum Gasteiger partial charge on any atom is -0.309 e. The fourth-order valence-electron chi connectivity index (χ4n) is 10.5. The van der Waals surface area contributed by atoms with Crippen LogP contribution in [-0.2, 0) is 5.41 Å². The maximum absolute atomic E-state index is 5.18. The van der Waals surface area contributed by atoms with Gasteiger partial charge in [-0.05, 0) is 91.7 Å². The number of hydrogen-bond donors (Lipinski definition) is 0. The third kappa shape index (κ3) is 4.07.